The van der Waals surface area contributed by atoms with Crippen LogP contribution in [0.4, 0.5) is 0 Å². The minimum atomic E-state index is 0.0603. The molecule has 0 unspecified atom stereocenters. The van der Waals surface area contributed by atoms with Crippen LogP contribution in [0.5, 0.6) is 0 Å². The molecule has 92 valence electrons. The Balaban J connectivity index is 2.18. The van der Waals surface area contributed by atoms with Gasteiger partial charge in [-0.3, -0.25) is 9.78 Å². The van der Waals surface area contributed by atoms with Crippen LogP contribution < -0.4 is 5.73 Å². The maximum Gasteiger partial charge on any atom is 0.255 e. The average Bonchev–Trinajstić information content (AvgIpc) is 2.28. The van der Waals surface area contributed by atoms with Crippen molar-refractivity contribution in [2.75, 3.05) is 13.1 Å². The largest absolute Gasteiger partial charge is 0.337 e. The zero-order valence-corrected chi connectivity index (χ0v) is 10.4. The van der Waals surface area contributed by atoms with E-state index in [2.05, 4.69) is 4.98 Å². The van der Waals surface area contributed by atoms with Crippen LogP contribution in [0.15, 0.2) is 12.1 Å². The Morgan fingerprint density at radius 2 is 2.24 bits per heavy atom. The van der Waals surface area contributed by atoms with Gasteiger partial charge in [-0.15, -0.1) is 0 Å². The van der Waals surface area contributed by atoms with Crippen molar-refractivity contribution in [1.82, 2.24) is 9.88 Å². The molecule has 0 radical (unpaired) electrons. The van der Waals surface area contributed by atoms with Crippen LogP contribution >= 0.6 is 0 Å². The first-order valence-electron chi connectivity index (χ1n) is 6.07. The SMILES string of the molecule is Cc1ccc(C(=O)N2CCC[C@H](N)C2)c(C)n1. The fourth-order valence-corrected chi connectivity index (χ4v) is 2.28. The van der Waals surface area contributed by atoms with Gasteiger partial charge in [-0.05, 0) is 38.8 Å². The summed E-state index contributed by atoms with van der Waals surface area (Å²) in [7, 11) is 0. The van der Waals surface area contributed by atoms with Gasteiger partial charge in [0, 0.05) is 24.8 Å². The third kappa shape index (κ3) is 2.64. The van der Waals surface area contributed by atoms with Gasteiger partial charge in [-0.25, -0.2) is 0 Å². The predicted octanol–water partition coefficient (Wildman–Crippen LogP) is 1.26. The predicted molar refractivity (Wildman–Crippen MR) is 66.8 cm³/mol. The molecule has 4 heteroatoms. The van der Waals surface area contributed by atoms with Crippen molar-refractivity contribution in [2.24, 2.45) is 5.73 Å². The highest BCUT2D eigenvalue weighted by Gasteiger charge is 2.23. The summed E-state index contributed by atoms with van der Waals surface area (Å²) in [6.45, 7) is 5.27. The van der Waals surface area contributed by atoms with Crippen LogP contribution in [-0.4, -0.2) is 34.9 Å². The van der Waals surface area contributed by atoms with E-state index < -0.39 is 0 Å². The molecule has 0 bridgehead atoms. The molecule has 1 fully saturated rings. The number of likely N-dealkylation sites (tertiary alicyclic amines) is 1. The first-order chi connectivity index (χ1) is 8.08. The van der Waals surface area contributed by atoms with Crippen LogP contribution in [0.2, 0.25) is 0 Å². The summed E-state index contributed by atoms with van der Waals surface area (Å²) in [6.07, 6.45) is 2.00. The van der Waals surface area contributed by atoms with Gasteiger partial charge in [0.2, 0.25) is 0 Å². The lowest BCUT2D eigenvalue weighted by Gasteiger charge is -2.31. The number of rotatable bonds is 1. The number of nitrogens with zero attached hydrogens (tertiary/aromatic N) is 2. The van der Waals surface area contributed by atoms with Gasteiger partial charge in [0.25, 0.3) is 5.91 Å². The first kappa shape index (κ1) is 12.0. The topological polar surface area (TPSA) is 59.2 Å². The Morgan fingerprint density at radius 1 is 1.47 bits per heavy atom. The van der Waals surface area contributed by atoms with Gasteiger partial charge < -0.3 is 10.6 Å². The lowest BCUT2D eigenvalue weighted by atomic mass is 10.0. The third-order valence-corrected chi connectivity index (χ3v) is 3.20. The number of nitrogens with two attached hydrogens (primary N) is 1. The molecule has 17 heavy (non-hydrogen) atoms. The monoisotopic (exact) mass is 233 g/mol. The fraction of sp³-hybridized carbons (Fsp3) is 0.538. The van der Waals surface area contributed by atoms with E-state index in [0.29, 0.717) is 12.1 Å². The molecule has 2 heterocycles. The van der Waals surface area contributed by atoms with E-state index in [0.717, 1.165) is 30.8 Å². The molecular formula is C13H19N3O. The highest BCUT2D eigenvalue weighted by molar-refractivity contribution is 5.95. The average molecular weight is 233 g/mol. The van der Waals surface area contributed by atoms with Gasteiger partial charge in [0.1, 0.15) is 0 Å². The smallest absolute Gasteiger partial charge is 0.255 e. The molecule has 1 aliphatic rings. The normalized spacial score (nSPS) is 20.4. The molecule has 1 saturated heterocycles. The Kier molecular flexibility index (Phi) is 3.43. The molecule has 0 saturated carbocycles. The van der Waals surface area contributed by atoms with E-state index in [1.165, 1.54) is 0 Å². The molecule has 1 aromatic rings. The number of pyridine rings is 1. The van der Waals surface area contributed by atoms with Gasteiger partial charge in [0.15, 0.2) is 0 Å². The summed E-state index contributed by atoms with van der Waals surface area (Å²) in [5.41, 5.74) is 8.33. The number of carbonyl (C=O) groups is 1. The number of amides is 1. The van der Waals surface area contributed by atoms with Crippen molar-refractivity contribution in [3.63, 3.8) is 0 Å². The van der Waals surface area contributed by atoms with E-state index in [1.54, 1.807) is 0 Å². The van der Waals surface area contributed by atoms with Crippen molar-refractivity contribution < 1.29 is 4.79 Å². The van der Waals surface area contributed by atoms with Gasteiger partial charge in [-0.2, -0.15) is 0 Å². The first-order valence-corrected chi connectivity index (χ1v) is 6.07. The second kappa shape index (κ2) is 4.84. The van der Waals surface area contributed by atoms with Crippen LogP contribution in [0, 0.1) is 13.8 Å². The molecular weight excluding hydrogens is 214 g/mol. The third-order valence-electron chi connectivity index (χ3n) is 3.20. The minimum Gasteiger partial charge on any atom is -0.337 e. The van der Waals surface area contributed by atoms with Crippen molar-refractivity contribution >= 4 is 5.91 Å². The summed E-state index contributed by atoms with van der Waals surface area (Å²) >= 11 is 0. The van der Waals surface area contributed by atoms with E-state index in [1.807, 2.05) is 30.9 Å². The number of hydrogen-bond acceptors (Lipinski definition) is 3. The molecule has 0 aromatic carbocycles. The van der Waals surface area contributed by atoms with Crippen LogP contribution in [0.25, 0.3) is 0 Å². The maximum atomic E-state index is 12.3. The summed E-state index contributed by atoms with van der Waals surface area (Å²) < 4.78 is 0. The van der Waals surface area contributed by atoms with E-state index in [9.17, 15) is 4.79 Å². The van der Waals surface area contributed by atoms with E-state index in [-0.39, 0.29) is 11.9 Å². The van der Waals surface area contributed by atoms with Gasteiger partial charge in [0.05, 0.1) is 11.3 Å². The number of aryl methyl sites for hydroxylation is 2. The van der Waals surface area contributed by atoms with Crippen molar-refractivity contribution in [3.05, 3.63) is 29.1 Å². The summed E-state index contributed by atoms with van der Waals surface area (Å²) in [6, 6.07) is 3.86. The van der Waals surface area contributed by atoms with Crippen molar-refractivity contribution in [2.45, 2.75) is 32.7 Å². The van der Waals surface area contributed by atoms with Gasteiger partial charge >= 0.3 is 0 Å². The lowest BCUT2D eigenvalue weighted by Crippen LogP contribution is -2.45. The van der Waals surface area contributed by atoms with Crippen molar-refractivity contribution in [3.8, 4) is 0 Å². The molecule has 1 atom stereocenters. The molecule has 2 N–H and O–H groups in total. The highest BCUT2D eigenvalue weighted by Crippen LogP contribution is 2.14. The molecule has 1 aromatic heterocycles. The van der Waals surface area contributed by atoms with E-state index in [4.69, 9.17) is 5.73 Å². The van der Waals surface area contributed by atoms with Gasteiger partial charge in [-0.1, -0.05) is 0 Å². The molecule has 0 spiro atoms. The highest BCUT2D eigenvalue weighted by atomic mass is 16.2. The Bertz CT molecular complexity index is 431. The number of carbonyl (C=O) groups excluding carboxylic acids is 1. The van der Waals surface area contributed by atoms with Crippen LogP contribution in [-0.2, 0) is 0 Å². The van der Waals surface area contributed by atoms with E-state index >= 15 is 0 Å². The molecule has 1 amide bonds. The quantitative estimate of drug-likeness (QED) is 0.794. The number of piperidine rings is 1. The van der Waals surface area contributed by atoms with Crippen LogP contribution in [0.1, 0.15) is 34.6 Å². The Hall–Kier alpha value is -1.42. The minimum absolute atomic E-state index is 0.0603. The molecule has 4 nitrogen and oxygen atoms in total. The molecule has 1 aliphatic heterocycles. The van der Waals surface area contributed by atoms with Crippen molar-refractivity contribution in [1.29, 1.82) is 0 Å². The second-order valence-corrected chi connectivity index (χ2v) is 4.74. The lowest BCUT2D eigenvalue weighted by molar-refractivity contribution is 0.0707. The standard InChI is InChI=1S/C13H19N3O/c1-9-5-6-12(10(2)15-9)13(17)16-7-3-4-11(14)8-16/h5-6,11H,3-4,7-8,14H2,1-2H3/t11-/m0/s1. The number of aromatic nitrogens is 1. The maximum absolute atomic E-state index is 12.3. The fourth-order valence-electron chi connectivity index (χ4n) is 2.28. The second-order valence-electron chi connectivity index (χ2n) is 4.74. The summed E-state index contributed by atoms with van der Waals surface area (Å²) in [4.78, 5) is 18.5. The Morgan fingerprint density at radius 3 is 2.88 bits per heavy atom. The molecule has 2 rings (SSSR count). The zero-order valence-electron chi connectivity index (χ0n) is 10.4. The number of hydrogen-bond donors (Lipinski definition) is 1. The molecule has 0 aliphatic carbocycles. The van der Waals surface area contributed by atoms with Crippen LogP contribution in [0.3, 0.4) is 0 Å². The Labute approximate surface area is 102 Å². The summed E-state index contributed by atoms with van der Waals surface area (Å²) in [5.74, 6) is 0.0603. The zero-order chi connectivity index (χ0) is 12.4. The summed E-state index contributed by atoms with van der Waals surface area (Å²) in [5, 5.41) is 0.